The number of benzene rings is 1. The molecule has 2 aliphatic rings. The van der Waals surface area contributed by atoms with Gasteiger partial charge in [-0.25, -0.2) is 0 Å². The van der Waals surface area contributed by atoms with E-state index in [1.807, 2.05) is 31.2 Å². The summed E-state index contributed by atoms with van der Waals surface area (Å²) < 4.78 is 7.90. The fourth-order valence-electron chi connectivity index (χ4n) is 3.68. The maximum absolute atomic E-state index is 6.18. The number of aromatic nitrogens is 4. The maximum atomic E-state index is 6.18. The Labute approximate surface area is 142 Å². The van der Waals surface area contributed by atoms with Gasteiger partial charge in [-0.2, -0.15) is 4.68 Å². The summed E-state index contributed by atoms with van der Waals surface area (Å²) in [6, 6.07) is 8.73. The molecule has 2 aromatic rings. The van der Waals surface area contributed by atoms with Gasteiger partial charge in [0.25, 0.3) is 0 Å². The third kappa shape index (κ3) is 3.27. The Balaban J connectivity index is 1.35. The molecular formula is C17H24N6O. The molecule has 1 N–H and O–H groups in total. The second-order valence-corrected chi connectivity index (χ2v) is 6.64. The number of hydrogen-bond donors (Lipinski definition) is 1. The lowest BCUT2D eigenvalue weighted by atomic mass is 10.1. The van der Waals surface area contributed by atoms with Gasteiger partial charge in [-0.1, -0.05) is 0 Å². The van der Waals surface area contributed by atoms with Crippen LogP contribution in [0, 0.1) is 6.92 Å². The fourth-order valence-corrected chi connectivity index (χ4v) is 3.68. The second kappa shape index (κ2) is 6.86. The summed E-state index contributed by atoms with van der Waals surface area (Å²) in [6.07, 6.45) is 3.91. The van der Waals surface area contributed by atoms with Gasteiger partial charge in [-0.15, -0.1) is 5.10 Å². The van der Waals surface area contributed by atoms with Crippen molar-refractivity contribution in [2.45, 2.75) is 38.3 Å². The molecule has 0 amide bonds. The highest BCUT2D eigenvalue weighted by Crippen LogP contribution is 2.23. The quantitative estimate of drug-likeness (QED) is 0.909. The van der Waals surface area contributed by atoms with E-state index in [1.54, 1.807) is 4.68 Å². The number of tetrazole rings is 1. The lowest BCUT2D eigenvalue weighted by Crippen LogP contribution is -2.42. The van der Waals surface area contributed by atoms with Gasteiger partial charge in [0.1, 0.15) is 11.9 Å². The van der Waals surface area contributed by atoms with Crippen LogP contribution in [0.2, 0.25) is 0 Å². The van der Waals surface area contributed by atoms with Crippen LogP contribution in [0.15, 0.2) is 24.3 Å². The Bertz CT molecular complexity index is 664. The monoisotopic (exact) mass is 328 g/mol. The van der Waals surface area contributed by atoms with Crippen LogP contribution in [0.4, 0.5) is 0 Å². The van der Waals surface area contributed by atoms with Crippen LogP contribution in [0.25, 0.3) is 5.69 Å². The Morgan fingerprint density at radius 2 is 1.92 bits per heavy atom. The van der Waals surface area contributed by atoms with E-state index in [-0.39, 0.29) is 0 Å². The minimum Gasteiger partial charge on any atom is -0.489 e. The molecule has 0 radical (unpaired) electrons. The topological polar surface area (TPSA) is 68.1 Å². The molecule has 0 unspecified atom stereocenters. The van der Waals surface area contributed by atoms with Gasteiger partial charge in [-0.3, -0.25) is 4.90 Å². The SMILES string of the molecule is Cc1nnnn1-c1ccc(O[C@H]2CCN(C3CCNCC3)C2)cc1. The summed E-state index contributed by atoms with van der Waals surface area (Å²) in [6.45, 7) is 6.36. The van der Waals surface area contributed by atoms with Crippen molar-refractivity contribution in [2.75, 3.05) is 26.2 Å². The van der Waals surface area contributed by atoms with Crippen LogP contribution >= 0.6 is 0 Å². The zero-order valence-corrected chi connectivity index (χ0v) is 14.1. The number of rotatable bonds is 4. The molecule has 7 heteroatoms. The van der Waals surface area contributed by atoms with E-state index in [0.717, 1.165) is 55.9 Å². The first-order chi connectivity index (χ1) is 11.8. The highest BCUT2D eigenvalue weighted by molar-refractivity contribution is 5.37. The molecule has 3 heterocycles. The molecule has 128 valence electrons. The fraction of sp³-hybridized carbons (Fsp3) is 0.588. The first-order valence-electron chi connectivity index (χ1n) is 8.76. The van der Waals surface area contributed by atoms with E-state index >= 15 is 0 Å². The van der Waals surface area contributed by atoms with Gasteiger partial charge < -0.3 is 10.1 Å². The van der Waals surface area contributed by atoms with Gasteiger partial charge in [-0.05, 0) is 74.0 Å². The van der Waals surface area contributed by atoms with Gasteiger partial charge >= 0.3 is 0 Å². The molecule has 1 atom stereocenters. The highest BCUT2D eigenvalue weighted by atomic mass is 16.5. The third-order valence-electron chi connectivity index (χ3n) is 5.01. The normalized spacial score (nSPS) is 22.8. The van der Waals surface area contributed by atoms with Gasteiger partial charge in [0.2, 0.25) is 0 Å². The van der Waals surface area contributed by atoms with Gasteiger partial charge in [0.05, 0.1) is 5.69 Å². The molecule has 0 spiro atoms. The molecule has 0 saturated carbocycles. The number of nitrogens with one attached hydrogen (secondary N) is 1. The van der Waals surface area contributed by atoms with Crippen molar-refractivity contribution in [1.82, 2.24) is 30.4 Å². The molecule has 2 saturated heterocycles. The van der Waals surface area contributed by atoms with Crippen LogP contribution in [0.1, 0.15) is 25.1 Å². The molecule has 0 bridgehead atoms. The summed E-state index contributed by atoms with van der Waals surface area (Å²) in [4.78, 5) is 2.60. The van der Waals surface area contributed by atoms with E-state index in [0.29, 0.717) is 6.10 Å². The van der Waals surface area contributed by atoms with Crippen molar-refractivity contribution in [3.05, 3.63) is 30.1 Å². The molecule has 2 fully saturated rings. The Hall–Kier alpha value is -1.99. The maximum Gasteiger partial charge on any atom is 0.153 e. The summed E-state index contributed by atoms with van der Waals surface area (Å²) in [5.41, 5.74) is 0.951. The molecule has 0 aliphatic carbocycles. The number of nitrogens with zero attached hydrogens (tertiary/aromatic N) is 5. The van der Waals surface area contributed by atoms with Crippen molar-refractivity contribution in [3.8, 4) is 11.4 Å². The van der Waals surface area contributed by atoms with Crippen LogP contribution < -0.4 is 10.1 Å². The molecule has 24 heavy (non-hydrogen) atoms. The standard InChI is InChI=1S/C17H24N6O/c1-13-19-20-21-23(13)15-2-4-16(5-3-15)24-17-8-11-22(12-17)14-6-9-18-10-7-14/h2-5,14,17-18H,6-12H2,1H3/t17-/m0/s1. The first kappa shape index (κ1) is 15.5. The van der Waals surface area contributed by atoms with E-state index < -0.39 is 0 Å². The van der Waals surface area contributed by atoms with E-state index in [4.69, 9.17) is 4.74 Å². The van der Waals surface area contributed by atoms with Crippen molar-refractivity contribution >= 4 is 0 Å². The first-order valence-corrected chi connectivity index (χ1v) is 8.76. The van der Waals surface area contributed by atoms with Gasteiger partial charge in [0, 0.05) is 19.1 Å². The van der Waals surface area contributed by atoms with Crippen molar-refractivity contribution in [2.24, 2.45) is 0 Å². The van der Waals surface area contributed by atoms with Crippen LogP contribution in [0.5, 0.6) is 5.75 Å². The zero-order valence-electron chi connectivity index (χ0n) is 14.1. The predicted molar refractivity (Wildman–Crippen MR) is 90.4 cm³/mol. The summed E-state index contributed by atoms with van der Waals surface area (Å²) >= 11 is 0. The van der Waals surface area contributed by atoms with Crippen molar-refractivity contribution < 1.29 is 4.74 Å². The van der Waals surface area contributed by atoms with Crippen molar-refractivity contribution in [3.63, 3.8) is 0 Å². The smallest absolute Gasteiger partial charge is 0.153 e. The average Bonchev–Trinajstić information content (AvgIpc) is 3.26. The number of piperidine rings is 1. The number of likely N-dealkylation sites (tertiary alicyclic amines) is 1. The van der Waals surface area contributed by atoms with Crippen molar-refractivity contribution in [1.29, 1.82) is 0 Å². The van der Waals surface area contributed by atoms with Crippen LogP contribution in [-0.4, -0.2) is 63.4 Å². The summed E-state index contributed by atoms with van der Waals surface area (Å²) in [5, 5.41) is 15.0. The van der Waals surface area contributed by atoms with E-state index in [9.17, 15) is 0 Å². The average molecular weight is 328 g/mol. The second-order valence-electron chi connectivity index (χ2n) is 6.64. The van der Waals surface area contributed by atoms with E-state index in [2.05, 4.69) is 25.7 Å². The minimum atomic E-state index is 0.292. The Kier molecular flexibility index (Phi) is 4.44. The predicted octanol–water partition coefficient (Wildman–Crippen LogP) is 1.18. The Morgan fingerprint density at radius 1 is 1.12 bits per heavy atom. The van der Waals surface area contributed by atoms with E-state index in [1.165, 1.54) is 12.8 Å². The highest BCUT2D eigenvalue weighted by Gasteiger charge is 2.30. The van der Waals surface area contributed by atoms with Gasteiger partial charge in [0.15, 0.2) is 5.82 Å². The summed E-state index contributed by atoms with van der Waals surface area (Å²) in [7, 11) is 0. The van der Waals surface area contributed by atoms with Crippen LogP contribution in [-0.2, 0) is 0 Å². The summed E-state index contributed by atoms with van der Waals surface area (Å²) in [5.74, 6) is 1.69. The Morgan fingerprint density at radius 3 is 2.62 bits per heavy atom. The molecule has 1 aromatic heterocycles. The molecular weight excluding hydrogens is 304 g/mol. The lowest BCUT2D eigenvalue weighted by molar-refractivity contribution is 0.159. The zero-order chi connectivity index (χ0) is 16.4. The molecule has 1 aromatic carbocycles. The molecule has 4 rings (SSSR count). The largest absolute Gasteiger partial charge is 0.489 e. The van der Waals surface area contributed by atoms with Crippen LogP contribution in [0.3, 0.4) is 0 Å². The minimum absolute atomic E-state index is 0.292. The molecule has 7 nitrogen and oxygen atoms in total. The third-order valence-corrected chi connectivity index (χ3v) is 5.01. The lowest BCUT2D eigenvalue weighted by Gasteiger charge is -2.31. The number of ether oxygens (including phenoxy) is 1. The number of aryl methyl sites for hydroxylation is 1. The number of hydrogen-bond acceptors (Lipinski definition) is 6. The molecule has 2 aliphatic heterocycles.